The van der Waals surface area contributed by atoms with Crippen LogP contribution in [0.15, 0.2) is 0 Å². The van der Waals surface area contributed by atoms with Crippen LogP contribution in [-0.2, 0) is 21.6 Å². The van der Waals surface area contributed by atoms with Crippen molar-refractivity contribution in [3.63, 3.8) is 0 Å². The van der Waals surface area contributed by atoms with Gasteiger partial charge >= 0.3 is 11.9 Å². The van der Waals surface area contributed by atoms with Gasteiger partial charge in [0.2, 0.25) is 5.82 Å². The predicted octanol–water partition coefficient (Wildman–Crippen LogP) is 1.62. The lowest BCUT2D eigenvalue weighted by Crippen LogP contribution is -2.21. The molecule has 2 rings (SSSR count). The minimum atomic E-state index is -0.612. The van der Waals surface area contributed by atoms with Gasteiger partial charge in [0.1, 0.15) is 0 Å². The number of rotatable bonds is 4. The summed E-state index contributed by atoms with van der Waals surface area (Å²) in [7, 11) is 0. The van der Waals surface area contributed by atoms with E-state index in [2.05, 4.69) is 9.97 Å². The lowest BCUT2D eigenvalue weighted by molar-refractivity contribution is 0.0504. The van der Waals surface area contributed by atoms with E-state index in [1.165, 1.54) is 0 Å². The summed E-state index contributed by atoms with van der Waals surface area (Å²) in [4.78, 5) is 32.0. The summed E-state index contributed by atoms with van der Waals surface area (Å²) < 4.78 is 9.89. The number of hydrogen-bond acceptors (Lipinski definition) is 7. The Labute approximate surface area is 121 Å². The molecular weight excluding hydrogens is 280 g/mol. The number of carbonyl (C=O) groups is 2. The zero-order chi connectivity index (χ0) is 14.5. The molecule has 0 aliphatic carbocycles. The molecule has 108 valence electrons. The van der Waals surface area contributed by atoms with Gasteiger partial charge in [0.05, 0.1) is 18.9 Å². The molecule has 0 radical (unpaired) electrons. The maximum absolute atomic E-state index is 12.0. The lowest BCUT2D eigenvalue weighted by atomic mass is 10.1. The van der Waals surface area contributed by atoms with E-state index in [-0.39, 0.29) is 24.7 Å². The number of nitrogens with zero attached hydrogens (tertiary/aromatic N) is 2. The number of esters is 2. The number of hydrogen-bond donors (Lipinski definition) is 0. The van der Waals surface area contributed by atoms with Gasteiger partial charge in [0.25, 0.3) is 0 Å². The molecule has 0 spiro atoms. The van der Waals surface area contributed by atoms with Crippen LogP contribution in [0.1, 0.15) is 46.2 Å². The summed E-state index contributed by atoms with van der Waals surface area (Å²) in [6.07, 6.45) is 0.710. The molecule has 7 heteroatoms. The van der Waals surface area contributed by atoms with Gasteiger partial charge < -0.3 is 9.47 Å². The molecule has 1 aliphatic heterocycles. The summed E-state index contributed by atoms with van der Waals surface area (Å²) in [5.41, 5.74) is 1.70. The van der Waals surface area contributed by atoms with Crippen molar-refractivity contribution in [3.05, 3.63) is 22.8 Å². The third-order valence-electron chi connectivity index (χ3n) is 2.75. The Balaban J connectivity index is 2.44. The average molecular weight is 296 g/mol. The Morgan fingerprint density at radius 2 is 1.85 bits per heavy atom. The molecule has 0 fully saturated rings. The van der Waals surface area contributed by atoms with Crippen LogP contribution in [0.25, 0.3) is 0 Å². The zero-order valence-electron chi connectivity index (χ0n) is 11.5. The van der Waals surface area contributed by atoms with E-state index in [4.69, 9.17) is 9.47 Å². The molecule has 1 aromatic rings. The van der Waals surface area contributed by atoms with E-state index in [9.17, 15) is 9.59 Å². The van der Waals surface area contributed by atoms with E-state index < -0.39 is 11.9 Å². The third kappa shape index (κ3) is 3.09. The third-order valence-corrected chi connectivity index (χ3v) is 3.73. The van der Waals surface area contributed by atoms with E-state index >= 15 is 0 Å². The van der Waals surface area contributed by atoms with Crippen LogP contribution in [0.5, 0.6) is 0 Å². The summed E-state index contributed by atoms with van der Waals surface area (Å²) in [5.74, 6) is 0.375. The highest BCUT2D eigenvalue weighted by Crippen LogP contribution is 2.26. The van der Waals surface area contributed by atoms with Gasteiger partial charge in [-0.25, -0.2) is 19.6 Å². The SMILES string of the molecule is CCOC(=O)c1nc2c(c(C(=O)OCC)n1)CSCC2. The molecule has 0 saturated carbocycles. The van der Waals surface area contributed by atoms with Crippen LogP contribution in [0.3, 0.4) is 0 Å². The van der Waals surface area contributed by atoms with Crippen molar-refractivity contribution in [1.82, 2.24) is 9.97 Å². The van der Waals surface area contributed by atoms with Gasteiger partial charge in [-0.1, -0.05) is 0 Å². The first-order valence-electron chi connectivity index (χ1n) is 6.49. The molecule has 0 saturated heterocycles. The molecule has 0 amide bonds. The van der Waals surface area contributed by atoms with E-state index in [0.717, 1.165) is 17.0 Å². The number of aromatic nitrogens is 2. The maximum Gasteiger partial charge on any atom is 0.376 e. The smallest absolute Gasteiger partial charge is 0.376 e. The van der Waals surface area contributed by atoms with Crippen LogP contribution in [0, 0.1) is 0 Å². The first-order valence-corrected chi connectivity index (χ1v) is 7.64. The second kappa shape index (κ2) is 6.69. The van der Waals surface area contributed by atoms with Crippen molar-refractivity contribution in [2.24, 2.45) is 0 Å². The van der Waals surface area contributed by atoms with Crippen LogP contribution in [-0.4, -0.2) is 40.9 Å². The van der Waals surface area contributed by atoms with Crippen molar-refractivity contribution in [2.45, 2.75) is 26.0 Å². The summed E-state index contributed by atoms with van der Waals surface area (Å²) in [5, 5.41) is 0. The minimum absolute atomic E-state index is 0.0689. The van der Waals surface area contributed by atoms with E-state index in [0.29, 0.717) is 12.2 Å². The van der Waals surface area contributed by atoms with E-state index in [1.54, 1.807) is 25.6 Å². The molecule has 0 atom stereocenters. The van der Waals surface area contributed by atoms with Gasteiger partial charge in [-0.2, -0.15) is 11.8 Å². The Hall–Kier alpha value is -1.63. The number of fused-ring (bicyclic) bond motifs is 1. The monoisotopic (exact) mass is 296 g/mol. The topological polar surface area (TPSA) is 78.4 Å². The summed E-state index contributed by atoms with van der Waals surface area (Å²) in [6.45, 7) is 3.94. The normalized spacial score (nSPS) is 13.5. The zero-order valence-corrected chi connectivity index (χ0v) is 12.3. The molecule has 2 heterocycles. The summed E-state index contributed by atoms with van der Waals surface area (Å²) >= 11 is 1.71. The Kier molecular flexibility index (Phi) is 4.94. The van der Waals surface area contributed by atoms with Crippen molar-refractivity contribution >= 4 is 23.7 Å². The molecule has 6 nitrogen and oxygen atoms in total. The van der Waals surface area contributed by atoms with E-state index in [1.807, 2.05) is 0 Å². The fraction of sp³-hybridized carbons (Fsp3) is 0.538. The largest absolute Gasteiger partial charge is 0.461 e. The highest BCUT2D eigenvalue weighted by molar-refractivity contribution is 7.98. The standard InChI is InChI=1S/C13H16N2O4S/c1-3-18-12(16)10-8-7-20-6-5-9(8)14-11(15-10)13(17)19-4-2/h3-7H2,1-2H3. The Morgan fingerprint density at radius 1 is 1.15 bits per heavy atom. The van der Waals surface area contributed by atoms with Crippen LogP contribution in [0.4, 0.5) is 0 Å². The number of ether oxygens (including phenoxy) is 2. The van der Waals surface area contributed by atoms with Gasteiger partial charge in [-0.3, -0.25) is 0 Å². The molecule has 1 aliphatic rings. The van der Waals surface area contributed by atoms with Crippen molar-refractivity contribution in [2.75, 3.05) is 19.0 Å². The second-order valence-corrected chi connectivity index (χ2v) is 5.17. The number of thioether (sulfide) groups is 1. The average Bonchev–Trinajstić information content (AvgIpc) is 2.46. The fourth-order valence-corrected chi connectivity index (χ4v) is 2.88. The van der Waals surface area contributed by atoms with Gasteiger partial charge in [0.15, 0.2) is 5.69 Å². The Bertz CT molecular complexity index is 533. The van der Waals surface area contributed by atoms with Crippen molar-refractivity contribution in [3.8, 4) is 0 Å². The highest BCUT2D eigenvalue weighted by atomic mass is 32.2. The molecule has 20 heavy (non-hydrogen) atoms. The Morgan fingerprint density at radius 3 is 2.55 bits per heavy atom. The summed E-state index contributed by atoms with van der Waals surface area (Å²) in [6, 6.07) is 0. The molecule has 0 unspecified atom stereocenters. The first-order chi connectivity index (χ1) is 9.67. The first kappa shape index (κ1) is 14.8. The van der Waals surface area contributed by atoms with Gasteiger partial charge in [-0.15, -0.1) is 0 Å². The molecule has 0 bridgehead atoms. The minimum Gasteiger partial charge on any atom is -0.461 e. The lowest BCUT2D eigenvalue weighted by Gasteiger charge is -2.17. The van der Waals surface area contributed by atoms with Crippen molar-refractivity contribution in [1.29, 1.82) is 0 Å². The van der Waals surface area contributed by atoms with Crippen LogP contribution < -0.4 is 0 Å². The fourth-order valence-electron chi connectivity index (χ4n) is 1.89. The maximum atomic E-state index is 12.0. The van der Waals surface area contributed by atoms with Crippen molar-refractivity contribution < 1.29 is 19.1 Å². The second-order valence-electron chi connectivity index (χ2n) is 4.06. The quantitative estimate of drug-likeness (QED) is 0.781. The number of aryl methyl sites for hydroxylation is 1. The molecule has 1 aromatic heterocycles. The molecule has 0 N–H and O–H groups in total. The number of carbonyl (C=O) groups excluding carboxylic acids is 2. The highest BCUT2D eigenvalue weighted by Gasteiger charge is 2.25. The van der Waals surface area contributed by atoms with Gasteiger partial charge in [-0.05, 0) is 26.0 Å². The van der Waals surface area contributed by atoms with Gasteiger partial charge in [0, 0.05) is 11.3 Å². The molecule has 0 aromatic carbocycles. The van der Waals surface area contributed by atoms with Crippen LogP contribution in [0.2, 0.25) is 0 Å². The molecular formula is C13H16N2O4S. The predicted molar refractivity (Wildman–Crippen MR) is 73.8 cm³/mol. The van der Waals surface area contributed by atoms with Crippen LogP contribution >= 0.6 is 11.8 Å².